The van der Waals surface area contributed by atoms with E-state index >= 15 is 0 Å². The van der Waals surface area contributed by atoms with Gasteiger partial charge >= 0.3 is 5.97 Å². The predicted octanol–water partition coefficient (Wildman–Crippen LogP) is 3.15. The third-order valence-electron chi connectivity index (χ3n) is 3.36. The fourth-order valence-electron chi connectivity index (χ4n) is 2.23. The molecule has 0 bridgehead atoms. The molecule has 2 aromatic rings. The van der Waals surface area contributed by atoms with Gasteiger partial charge in [-0.05, 0) is 23.3 Å². The molecule has 6 heteroatoms. The Hall–Kier alpha value is -1.92. The number of carboxylic acids is 1. The number of hydrogen-bond donors (Lipinski definition) is 1. The van der Waals surface area contributed by atoms with Crippen molar-refractivity contribution in [3.05, 3.63) is 70.7 Å². The Morgan fingerprint density at radius 2 is 1.78 bits per heavy atom. The highest BCUT2D eigenvalue weighted by atomic mass is 35.5. The molecular formula is C21H25ClN2O3. The summed E-state index contributed by atoms with van der Waals surface area (Å²) in [7, 11) is 0. The summed E-state index contributed by atoms with van der Waals surface area (Å²) < 4.78 is 116. The van der Waals surface area contributed by atoms with Crippen molar-refractivity contribution >= 4 is 17.6 Å². The first-order chi connectivity index (χ1) is 18.0. The SMILES string of the molecule is [2H]C(c1ccccc1)(c1ccc(Cl)cc1)N1C([2H])([2H])C([2H])([2H])N(C([2H])([2H])C([2H])([2H])OCC(=O)O)C([2H])([2H])C1([2H])[2H]. The molecule has 0 aromatic heterocycles. The van der Waals surface area contributed by atoms with E-state index in [2.05, 4.69) is 4.74 Å². The van der Waals surface area contributed by atoms with Crippen LogP contribution in [0, 0.1) is 0 Å². The largest absolute Gasteiger partial charge is 0.480 e. The second-order valence-corrected chi connectivity index (χ2v) is 5.67. The van der Waals surface area contributed by atoms with Crippen LogP contribution in [0.5, 0.6) is 0 Å². The molecule has 1 N–H and O–H groups in total. The highest BCUT2D eigenvalue weighted by Crippen LogP contribution is 2.30. The summed E-state index contributed by atoms with van der Waals surface area (Å²) in [5.41, 5.74) is -0.243. The first kappa shape index (κ1) is 9.05. The molecule has 0 saturated carbocycles. The Bertz CT molecular complexity index is 1220. The van der Waals surface area contributed by atoms with Crippen molar-refractivity contribution < 1.29 is 32.5 Å². The molecule has 1 aliphatic rings. The van der Waals surface area contributed by atoms with Crippen molar-refractivity contribution in [2.45, 2.75) is 6.02 Å². The van der Waals surface area contributed by atoms with Gasteiger partial charge in [-0.1, -0.05) is 54.1 Å². The number of benzene rings is 2. The minimum Gasteiger partial charge on any atom is -0.480 e. The van der Waals surface area contributed by atoms with E-state index in [1.165, 1.54) is 48.5 Å². The lowest BCUT2D eigenvalue weighted by Gasteiger charge is -2.39. The van der Waals surface area contributed by atoms with Gasteiger partial charge in [-0.2, -0.15) is 0 Å². The quantitative estimate of drug-likeness (QED) is 0.736. The summed E-state index contributed by atoms with van der Waals surface area (Å²) >= 11 is 5.98. The Kier molecular flexibility index (Phi) is 3.30. The molecule has 0 spiro atoms. The molecule has 1 fully saturated rings. The lowest BCUT2D eigenvalue weighted by atomic mass is 9.96. The van der Waals surface area contributed by atoms with Crippen LogP contribution in [0.4, 0.5) is 0 Å². The Balaban J connectivity index is 2.36. The second kappa shape index (κ2) is 9.85. The molecule has 1 aliphatic heterocycles. The molecule has 0 amide bonds. The molecule has 1 atom stereocenters. The van der Waals surface area contributed by atoms with Gasteiger partial charge in [0.05, 0.1) is 16.7 Å². The highest BCUT2D eigenvalue weighted by Gasteiger charge is 2.26. The number of carbonyl (C=O) groups is 1. The van der Waals surface area contributed by atoms with Crippen LogP contribution in [0.25, 0.3) is 0 Å². The van der Waals surface area contributed by atoms with Gasteiger partial charge in [-0.25, -0.2) is 4.79 Å². The maximum absolute atomic E-state index is 10.9. The number of nitrogens with zero attached hydrogens (tertiary/aromatic N) is 2. The molecule has 2 aromatic carbocycles. The lowest BCUT2D eigenvalue weighted by molar-refractivity contribution is -0.142. The van der Waals surface area contributed by atoms with Crippen LogP contribution in [0.2, 0.25) is 5.02 Å². The Morgan fingerprint density at radius 1 is 1.15 bits per heavy atom. The van der Waals surface area contributed by atoms with Gasteiger partial charge in [-0.3, -0.25) is 9.80 Å². The van der Waals surface area contributed by atoms with Crippen molar-refractivity contribution in [2.24, 2.45) is 0 Å². The van der Waals surface area contributed by atoms with E-state index in [4.69, 9.17) is 33.2 Å². The first-order valence-corrected chi connectivity index (χ1v) is 8.16. The van der Waals surface area contributed by atoms with E-state index in [-0.39, 0.29) is 21.0 Å². The van der Waals surface area contributed by atoms with Gasteiger partial charge < -0.3 is 9.84 Å². The fraction of sp³-hybridized carbons (Fsp3) is 0.381. The average Bonchev–Trinajstić information content (AvgIpc) is 2.82. The molecule has 27 heavy (non-hydrogen) atoms. The van der Waals surface area contributed by atoms with Crippen LogP contribution in [0.3, 0.4) is 0 Å². The summed E-state index contributed by atoms with van der Waals surface area (Å²) in [5.74, 6) is -1.73. The molecule has 0 radical (unpaired) electrons. The molecule has 1 heterocycles. The van der Waals surface area contributed by atoms with Crippen molar-refractivity contribution in [2.75, 3.05) is 45.7 Å². The van der Waals surface area contributed by atoms with E-state index in [0.29, 0.717) is 0 Å². The van der Waals surface area contributed by atoms with Gasteiger partial charge in [0, 0.05) is 51.2 Å². The van der Waals surface area contributed by atoms with Crippen LogP contribution in [0.15, 0.2) is 54.6 Å². The van der Waals surface area contributed by atoms with Crippen LogP contribution in [0.1, 0.15) is 35.0 Å². The normalized spacial score (nSPS) is 33.7. The number of aliphatic carboxylic acids is 1. The number of piperazine rings is 1. The standard InChI is InChI=1S/C21H25ClN2O3/c22-19-8-6-18(7-9-19)21(17-4-2-1-3-5-17)24-12-10-23(11-13-24)14-15-27-16-20(25)26/h1-9,21H,10-16H2,(H,25,26)/i10D2,11D2,12D2,13D2,14D2,15D2,21D. The molecule has 144 valence electrons. The van der Waals surface area contributed by atoms with Gasteiger partial charge in [0.2, 0.25) is 0 Å². The topological polar surface area (TPSA) is 53.0 Å². The minimum absolute atomic E-state index is 0.00578. The number of rotatable bonds is 8. The average molecular weight is 402 g/mol. The third-order valence-corrected chi connectivity index (χ3v) is 3.61. The number of ether oxygens (including phenoxy) is 1. The van der Waals surface area contributed by atoms with Crippen LogP contribution in [-0.2, 0) is 9.53 Å². The molecule has 3 rings (SSSR count). The van der Waals surface area contributed by atoms with E-state index in [1.54, 1.807) is 6.07 Å². The minimum atomic E-state index is -4.00. The van der Waals surface area contributed by atoms with Crippen molar-refractivity contribution in [3.63, 3.8) is 0 Å². The number of carboxylic acid groups (broad SMARTS) is 1. The Morgan fingerprint density at radius 3 is 2.41 bits per heavy atom. The number of halogens is 1. The van der Waals surface area contributed by atoms with Gasteiger partial charge in [-0.15, -0.1) is 0 Å². The van der Waals surface area contributed by atoms with E-state index in [0.717, 1.165) is 0 Å². The molecule has 0 aliphatic carbocycles. The zero-order valence-corrected chi connectivity index (χ0v) is 14.7. The van der Waals surface area contributed by atoms with Gasteiger partial charge in [0.1, 0.15) is 6.61 Å². The van der Waals surface area contributed by atoms with Crippen LogP contribution < -0.4 is 0 Å². The highest BCUT2D eigenvalue weighted by molar-refractivity contribution is 6.30. The van der Waals surface area contributed by atoms with Crippen LogP contribution in [-0.4, -0.2) is 66.5 Å². The van der Waals surface area contributed by atoms with Crippen molar-refractivity contribution in [3.8, 4) is 0 Å². The molecular weight excluding hydrogens is 364 g/mol. The lowest BCUT2D eigenvalue weighted by Crippen LogP contribution is -2.48. The predicted molar refractivity (Wildman–Crippen MR) is 106 cm³/mol. The van der Waals surface area contributed by atoms with E-state index < -0.39 is 62.5 Å². The van der Waals surface area contributed by atoms with Gasteiger partial charge in [0.25, 0.3) is 0 Å². The monoisotopic (exact) mass is 401 g/mol. The Labute approximate surface area is 183 Å². The van der Waals surface area contributed by atoms with Crippen molar-refractivity contribution in [1.29, 1.82) is 0 Å². The maximum atomic E-state index is 10.9. The fourth-order valence-corrected chi connectivity index (χ4v) is 2.35. The van der Waals surface area contributed by atoms with E-state index in [1.807, 2.05) is 0 Å². The zero-order valence-electron chi connectivity index (χ0n) is 26.9. The van der Waals surface area contributed by atoms with E-state index in [9.17, 15) is 6.17 Å². The summed E-state index contributed by atoms with van der Waals surface area (Å²) in [5, 5.41) is 9.06. The van der Waals surface area contributed by atoms with Crippen LogP contribution >= 0.6 is 11.6 Å². The molecule has 1 saturated heterocycles. The summed E-state index contributed by atoms with van der Waals surface area (Å²) in [6, 6.07) is 9.55. The van der Waals surface area contributed by atoms with Gasteiger partial charge in [0.15, 0.2) is 0 Å². The molecule has 1 unspecified atom stereocenters. The summed E-state index contributed by atoms with van der Waals surface area (Å²) in [6.45, 7) is -24.6. The smallest absolute Gasteiger partial charge is 0.329 e. The second-order valence-electron chi connectivity index (χ2n) is 5.24. The summed E-state index contributed by atoms with van der Waals surface area (Å²) in [6.07, 6.45) is 0. The maximum Gasteiger partial charge on any atom is 0.329 e. The molecule has 5 nitrogen and oxygen atoms in total. The number of hydrogen-bond acceptors (Lipinski definition) is 4. The van der Waals surface area contributed by atoms with Crippen molar-refractivity contribution in [1.82, 2.24) is 9.80 Å². The first-order valence-electron chi connectivity index (χ1n) is 14.3. The third kappa shape index (κ3) is 5.78. The summed E-state index contributed by atoms with van der Waals surface area (Å²) in [4.78, 5) is 10.3. The zero-order chi connectivity index (χ0) is 30.7.